The number of hydrogen-bond donors (Lipinski definition) is 3. The number of likely N-dealkylation sites (tertiary alicyclic amines) is 1. The van der Waals surface area contributed by atoms with E-state index in [1.807, 2.05) is 48.5 Å². The van der Waals surface area contributed by atoms with Gasteiger partial charge < -0.3 is 11.1 Å². The molecule has 1 saturated heterocycles. The van der Waals surface area contributed by atoms with E-state index >= 15 is 0 Å². The van der Waals surface area contributed by atoms with E-state index in [9.17, 15) is 18.0 Å². The fourth-order valence-corrected chi connectivity index (χ4v) is 6.81. The average Bonchev–Trinajstić information content (AvgIpc) is 2.86. The van der Waals surface area contributed by atoms with Crippen molar-refractivity contribution in [2.45, 2.75) is 25.9 Å². The molecule has 12 heteroatoms. The zero-order chi connectivity index (χ0) is 29.9. The molecule has 0 spiro atoms. The fourth-order valence-electron chi connectivity index (χ4n) is 4.93. The summed E-state index contributed by atoms with van der Waals surface area (Å²) in [7, 11) is -3.77. The molecule has 0 radical (unpaired) electrons. The Bertz CT molecular complexity index is 1460. The van der Waals surface area contributed by atoms with Crippen molar-refractivity contribution in [3.63, 3.8) is 0 Å². The Morgan fingerprint density at radius 1 is 0.902 bits per heavy atom. The number of anilines is 1. The van der Waals surface area contributed by atoms with Crippen molar-refractivity contribution in [3.8, 4) is 0 Å². The predicted molar refractivity (Wildman–Crippen MR) is 164 cm³/mol. The van der Waals surface area contributed by atoms with Crippen LogP contribution in [0.15, 0.2) is 66.7 Å². The predicted octanol–water partition coefficient (Wildman–Crippen LogP) is 5.35. The van der Waals surface area contributed by atoms with Gasteiger partial charge in [0.15, 0.2) is 0 Å². The molecule has 3 aromatic carbocycles. The second kappa shape index (κ2) is 13.0. The zero-order valence-electron chi connectivity index (χ0n) is 22.5. The smallest absolute Gasteiger partial charge is 0.252 e. The number of amides is 2. The molecular formula is C29H31Cl3N4O4S. The molecular weight excluding hydrogens is 607 g/mol. The lowest BCUT2D eigenvalue weighted by Crippen LogP contribution is -2.51. The van der Waals surface area contributed by atoms with Crippen molar-refractivity contribution in [2.24, 2.45) is 17.6 Å². The number of nitrogens with two attached hydrogens (primary N) is 1. The van der Waals surface area contributed by atoms with Crippen LogP contribution in [-0.2, 0) is 14.8 Å². The van der Waals surface area contributed by atoms with E-state index in [-0.39, 0.29) is 39.9 Å². The second-order valence-corrected chi connectivity index (χ2v) is 13.6. The lowest BCUT2D eigenvalue weighted by molar-refractivity contribution is -0.120. The number of rotatable bonds is 11. The van der Waals surface area contributed by atoms with Gasteiger partial charge in [-0.25, -0.2) is 8.42 Å². The summed E-state index contributed by atoms with van der Waals surface area (Å²) in [5, 5.41) is 4.02. The van der Waals surface area contributed by atoms with E-state index in [0.29, 0.717) is 23.1 Å². The number of nitrogens with zero attached hydrogens (tertiary/aromatic N) is 1. The fraction of sp³-hybridized carbons (Fsp3) is 0.310. The summed E-state index contributed by atoms with van der Waals surface area (Å²) in [6, 6.07) is 18.4. The van der Waals surface area contributed by atoms with E-state index in [0.717, 1.165) is 11.1 Å². The number of benzene rings is 3. The number of sulfonamides is 1. The molecule has 0 saturated carbocycles. The number of carbonyl (C=O) groups excluding carboxylic acids is 2. The van der Waals surface area contributed by atoms with Gasteiger partial charge in [-0.2, -0.15) is 0 Å². The van der Waals surface area contributed by atoms with Crippen LogP contribution in [0.3, 0.4) is 0 Å². The van der Waals surface area contributed by atoms with Crippen LogP contribution in [0.4, 0.5) is 5.69 Å². The molecule has 4 rings (SSSR count). The zero-order valence-corrected chi connectivity index (χ0v) is 25.6. The molecule has 0 aromatic heterocycles. The summed E-state index contributed by atoms with van der Waals surface area (Å²) in [5.74, 6) is -1.70. The molecule has 2 amide bonds. The van der Waals surface area contributed by atoms with E-state index in [1.165, 1.54) is 18.2 Å². The topological polar surface area (TPSA) is 122 Å². The summed E-state index contributed by atoms with van der Waals surface area (Å²) < 4.78 is 28.7. The maximum atomic E-state index is 13.1. The highest BCUT2D eigenvalue weighted by Gasteiger charge is 2.36. The number of hydrogen-bond acceptors (Lipinski definition) is 5. The Morgan fingerprint density at radius 2 is 1.44 bits per heavy atom. The van der Waals surface area contributed by atoms with E-state index in [1.54, 1.807) is 13.8 Å². The Morgan fingerprint density at radius 3 is 1.93 bits per heavy atom. The molecule has 218 valence electrons. The first-order valence-electron chi connectivity index (χ1n) is 13.0. The quantitative estimate of drug-likeness (QED) is 0.262. The van der Waals surface area contributed by atoms with Gasteiger partial charge in [-0.1, -0.05) is 72.9 Å². The Balaban J connectivity index is 1.43. The summed E-state index contributed by atoms with van der Waals surface area (Å²) >= 11 is 18.4. The minimum Gasteiger partial charge on any atom is -0.368 e. The van der Waals surface area contributed by atoms with Crippen LogP contribution in [0.2, 0.25) is 15.1 Å². The molecule has 3 aromatic rings. The molecule has 1 atom stereocenters. The van der Waals surface area contributed by atoms with Crippen molar-refractivity contribution in [3.05, 3.63) is 98.5 Å². The van der Waals surface area contributed by atoms with Crippen molar-refractivity contribution in [1.82, 2.24) is 10.2 Å². The SMILES string of the molecule is CC(C)C(NC(=O)c1cc(Cl)cc(NS(=O)(=O)CC2CN(C(c3ccc(Cl)cc3)c3ccc(Cl)cc3)C2)c1)C(N)=O. The highest BCUT2D eigenvalue weighted by Crippen LogP contribution is 2.36. The van der Waals surface area contributed by atoms with Crippen LogP contribution in [0.5, 0.6) is 0 Å². The van der Waals surface area contributed by atoms with Crippen molar-refractivity contribution in [2.75, 3.05) is 23.6 Å². The standard InChI is InChI=1S/C29H31Cl3N4O4S/c1-17(2)26(28(33)37)34-29(38)21-11-24(32)13-25(12-21)35-41(39,40)16-18-14-36(15-18)27(19-3-7-22(30)8-4-19)20-5-9-23(31)10-6-20/h3-13,17-18,26-27,35H,14-16H2,1-2H3,(H2,33,37)(H,34,38). The minimum atomic E-state index is -3.77. The number of carbonyl (C=O) groups is 2. The van der Waals surface area contributed by atoms with E-state index < -0.39 is 27.9 Å². The molecule has 0 bridgehead atoms. The number of primary amides is 1. The Labute approximate surface area is 255 Å². The van der Waals surface area contributed by atoms with Gasteiger partial charge in [0, 0.05) is 39.6 Å². The monoisotopic (exact) mass is 636 g/mol. The Kier molecular flexibility index (Phi) is 9.87. The maximum absolute atomic E-state index is 13.1. The molecule has 1 aliphatic rings. The van der Waals surface area contributed by atoms with Crippen molar-refractivity contribution < 1.29 is 18.0 Å². The third-order valence-electron chi connectivity index (χ3n) is 6.87. The third-order valence-corrected chi connectivity index (χ3v) is 9.05. The van der Waals surface area contributed by atoms with Gasteiger partial charge in [0.25, 0.3) is 5.91 Å². The highest BCUT2D eigenvalue weighted by molar-refractivity contribution is 7.92. The van der Waals surface area contributed by atoms with Crippen LogP contribution >= 0.6 is 34.8 Å². The van der Waals surface area contributed by atoms with Crippen LogP contribution in [0.25, 0.3) is 0 Å². The first-order chi connectivity index (χ1) is 19.3. The normalized spacial score (nSPS) is 15.0. The maximum Gasteiger partial charge on any atom is 0.252 e. The summed E-state index contributed by atoms with van der Waals surface area (Å²) in [4.78, 5) is 26.7. The van der Waals surface area contributed by atoms with Crippen LogP contribution in [-0.4, -0.2) is 50.0 Å². The molecule has 8 nitrogen and oxygen atoms in total. The van der Waals surface area contributed by atoms with Gasteiger partial charge >= 0.3 is 0 Å². The summed E-state index contributed by atoms with van der Waals surface area (Å²) in [5.41, 5.74) is 7.73. The number of nitrogens with one attached hydrogen (secondary N) is 2. The highest BCUT2D eigenvalue weighted by atomic mass is 35.5. The molecule has 4 N–H and O–H groups in total. The third kappa shape index (κ3) is 8.14. The largest absolute Gasteiger partial charge is 0.368 e. The van der Waals surface area contributed by atoms with Crippen LogP contribution in [0, 0.1) is 11.8 Å². The summed E-state index contributed by atoms with van der Waals surface area (Å²) in [6.45, 7) is 4.62. The van der Waals surface area contributed by atoms with E-state index in [4.69, 9.17) is 40.5 Å². The number of halogens is 3. The average molecular weight is 638 g/mol. The summed E-state index contributed by atoms with van der Waals surface area (Å²) in [6.07, 6.45) is 0. The first-order valence-corrected chi connectivity index (χ1v) is 15.8. The van der Waals surface area contributed by atoms with Crippen LogP contribution < -0.4 is 15.8 Å². The Hall–Kier alpha value is -2.82. The second-order valence-electron chi connectivity index (χ2n) is 10.5. The lowest BCUT2D eigenvalue weighted by atomic mass is 9.91. The lowest BCUT2D eigenvalue weighted by Gasteiger charge is -2.44. The first kappa shape index (κ1) is 31.1. The van der Waals surface area contributed by atoms with Gasteiger partial charge in [0.05, 0.1) is 17.5 Å². The molecule has 1 aliphatic heterocycles. The van der Waals surface area contributed by atoms with Gasteiger partial charge in [0.2, 0.25) is 15.9 Å². The van der Waals surface area contributed by atoms with Gasteiger partial charge in [0.1, 0.15) is 6.04 Å². The van der Waals surface area contributed by atoms with Gasteiger partial charge in [-0.05, 0) is 59.5 Å². The molecule has 41 heavy (non-hydrogen) atoms. The molecule has 1 heterocycles. The minimum absolute atomic E-state index is 0.0829. The van der Waals surface area contributed by atoms with Crippen molar-refractivity contribution in [1.29, 1.82) is 0 Å². The molecule has 1 unspecified atom stereocenters. The van der Waals surface area contributed by atoms with Gasteiger partial charge in [-0.15, -0.1) is 0 Å². The molecule has 1 fully saturated rings. The molecule has 0 aliphatic carbocycles. The van der Waals surface area contributed by atoms with Gasteiger partial charge in [-0.3, -0.25) is 19.2 Å². The van der Waals surface area contributed by atoms with Crippen molar-refractivity contribution >= 4 is 62.3 Å². The van der Waals surface area contributed by atoms with E-state index in [2.05, 4.69) is 14.9 Å². The van der Waals surface area contributed by atoms with Crippen LogP contribution in [0.1, 0.15) is 41.4 Å².